The SMILES string of the molecule is CN(C(=O)OC(C)(C)C)C1CN([C@H](C(N)=NO)c2ccccc2)C1. The van der Waals surface area contributed by atoms with E-state index in [1.165, 1.54) is 0 Å². The molecule has 132 valence electrons. The highest BCUT2D eigenvalue weighted by molar-refractivity contribution is 5.86. The Hall–Kier alpha value is -2.28. The van der Waals surface area contributed by atoms with Crippen LogP contribution >= 0.6 is 0 Å². The second-order valence-corrected chi connectivity index (χ2v) is 7.04. The Morgan fingerprint density at radius 1 is 1.38 bits per heavy atom. The van der Waals surface area contributed by atoms with Crippen LogP contribution in [0.15, 0.2) is 35.5 Å². The Balaban J connectivity index is 2.02. The molecule has 1 saturated heterocycles. The van der Waals surface area contributed by atoms with Crippen LogP contribution in [0.25, 0.3) is 0 Å². The first kappa shape index (κ1) is 18.1. The topological polar surface area (TPSA) is 91.4 Å². The standard InChI is InChI=1S/C17H26N4O3/c1-17(2,3)24-16(22)20(4)13-10-21(11-13)14(15(18)19-23)12-8-6-5-7-9-12/h5-9,13-14,23H,10-11H2,1-4H3,(H2,18,19)/t14-/m0/s1. The van der Waals surface area contributed by atoms with Crippen molar-refractivity contribution in [3.63, 3.8) is 0 Å². The zero-order valence-corrected chi connectivity index (χ0v) is 14.6. The van der Waals surface area contributed by atoms with E-state index >= 15 is 0 Å². The number of likely N-dealkylation sites (N-methyl/N-ethyl adjacent to an activating group) is 1. The van der Waals surface area contributed by atoms with E-state index < -0.39 is 5.60 Å². The molecule has 7 heteroatoms. The van der Waals surface area contributed by atoms with E-state index in [2.05, 4.69) is 10.1 Å². The lowest BCUT2D eigenvalue weighted by atomic mass is 9.98. The van der Waals surface area contributed by atoms with E-state index in [1.54, 1.807) is 11.9 Å². The Morgan fingerprint density at radius 3 is 2.46 bits per heavy atom. The van der Waals surface area contributed by atoms with Gasteiger partial charge in [0.2, 0.25) is 0 Å². The number of rotatable bonds is 4. The monoisotopic (exact) mass is 334 g/mol. The van der Waals surface area contributed by atoms with E-state index in [-0.39, 0.29) is 24.0 Å². The van der Waals surface area contributed by atoms with Crippen LogP contribution < -0.4 is 5.73 Å². The van der Waals surface area contributed by atoms with Gasteiger partial charge in [0.1, 0.15) is 5.60 Å². The van der Waals surface area contributed by atoms with Crippen LogP contribution in [-0.2, 0) is 4.74 Å². The molecule has 0 spiro atoms. The molecule has 1 aromatic rings. The normalized spacial score (nSPS) is 17.9. The number of nitrogens with two attached hydrogens (primary N) is 1. The fourth-order valence-corrected chi connectivity index (χ4v) is 2.69. The third-order valence-corrected chi connectivity index (χ3v) is 4.00. The molecule has 1 aromatic carbocycles. The summed E-state index contributed by atoms with van der Waals surface area (Å²) in [5.74, 6) is 0.138. The number of benzene rings is 1. The van der Waals surface area contributed by atoms with Crippen LogP contribution in [0.5, 0.6) is 0 Å². The summed E-state index contributed by atoms with van der Waals surface area (Å²) in [6, 6.07) is 9.36. The molecule has 2 rings (SSSR count). The molecule has 1 heterocycles. The Kier molecular flexibility index (Phi) is 5.33. The highest BCUT2D eigenvalue weighted by Crippen LogP contribution is 2.28. The van der Waals surface area contributed by atoms with Crippen LogP contribution in [-0.4, -0.2) is 58.7 Å². The van der Waals surface area contributed by atoms with Gasteiger partial charge >= 0.3 is 6.09 Å². The van der Waals surface area contributed by atoms with Gasteiger partial charge in [-0.05, 0) is 26.3 Å². The summed E-state index contributed by atoms with van der Waals surface area (Å²) >= 11 is 0. The predicted octanol–water partition coefficient (Wildman–Crippen LogP) is 2.03. The van der Waals surface area contributed by atoms with Crippen LogP contribution in [0.3, 0.4) is 0 Å². The maximum atomic E-state index is 12.1. The molecule has 0 aromatic heterocycles. The number of ether oxygens (including phenoxy) is 1. The molecular formula is C17H26N4O3. The summed E-state index contributed by atoms with van der Waals surface area (Å²) in [5.41, 5.74) is 6.31. The predicted molar refractivity (Wildman–Crippen MR) is 91.9 cm³/mol. The summed E-state index contributed by atoms with van der Waals surface area (Å²) in [4.78, 5) is 15.8. The molecule has 3 N–H and O–H groups in total. The number of hydrogen-bond donors (Lipinski definition) is 2. The van der Waals surface area contributed by atoms with Gasteiger partial charge in [-0.3, -0.25) is 4.90 Å². The molecule has 1 atom stereocenters. The second kappa shape index (κ2) is 7.09. The Labute approximate surface area is 142 Å². The third-order valence-electron chi connectivity index (χ3n) is 4.00. The molecule has 1 aliphatic heterocycles. The van der Waals surface area contributed by atoms with Crippen LogP contribution in [0, 0.1) is 0 Å². The minimum absolute atomic E-state index is 0.0394. The first-order valence-electron chi connectivity index (χ1n) is 7.95. The molecule has 0 unspecified atom stereocenters. The van der Waals surface area contributed by atoms with Gasteiger partial charge in [0.05, 0.1) is 12.1 Å². The largest absolute Gasteiger partial charge is 0.444 e. The fraction of sp³-hybridized carbons (Fsp3) is 0.529. The molecule has 1 amide bonds. The van der Waals surface area contributed by atoms with Gasteiger partial charge in [-0.1, -0.05) is 35.5 Å². The van der Waals surface area contributed by atoms with Crippen molar-refractivity contribution in [1.82, 2.24) is 9.80 Å². The van der Waals surface area contributed by atoms with Gasteiger partial charge < -0.3 is 20.6 Å². The first-order chi connectivity index (χ1) is 11.2. The molecular weight excluding hydrogens is 308 g/mol. The number of carbonyl (C=O) groups excluding carboxylic acids is 1. The zero-order valence-electron chi connectivity index (χ0n) is 14.6. The highest BCUT2D eigenvalue weighted by Gasteiger charge is 2.39. The number of nitrogens with zero attached hydrogens (tertiary/aromatic N) is 3. The molecule has 0 bridgehead atoms. The average molecular weight is 334 g/mol. The number of likely N-dealkylation sites (tertiary alicyclic amines) is 1. The summed E-state index contributed by atoms with van der Waals surface area (Å²) in [6.45, 7) is 6.79. The van der Waals surface area contributed by atoms with Crippen LogP contribution in [0.1, 0.15) is 32.4 Å². The Bertz CT molecular complexity index is 592. The zero-order chi connectivity index (χ0) is 17.9. The van der Waals surface area contributed by atoms with Crippen molar-refractivity contribution in [3.05, 3.63) is 35.9 Å². The van der Waals surface area contributed by atoms with E-state index in [4.69, 9.17) is 15.7 Å². The van der Waals surface area contributed by atoms with Crippen molar-refractivity contribution in [2.24, 2.45) is 10.9 Å². The second-order valence-electron chi connectivity index (χ2n) is 7.04. The van der Waals surface area contributed by atoms with Crippen molar-refractivity contribution >= 4 is 11.9 Å². The van der Waals surface area contributed by atoms with Crippen LogP contribution in [0.2, 0.25) is 0 Å². The summed E-state index contributed by atoms with van der Waals surface area (Å²) < 4.78 is 5.39. The lowest BCUT2D eigenvalue weighted by Crippen LogP contribution is -2.62. The van der Waals surface area contributed by atoms with E-state index in [0.29, 0.717) is 13.1 Å². The highest BCUT2D eigenvalue weighted by atomic mass is 16.6. The van der Waals surface area contributed by atoms with Gasteiger partial charge in [-0.25, -0.2) is 4.79 Å². The lowest BCUT2D eigenvalue weighted by molar-refractivity contribution is -0.00893. The summed E-state index contributed by atoms with van der Waals surface area (Å²) in [5, 5.41) is 12.2. The van der Waals surface area contributed by atoms with Gasteiger partial charge in [0.15, 0.2) is 5.84 Å². The van der Waals surface area contributed by atoms with Gasteiger partial charge in [-0.2, -0.15) is 0 Å². The molecule has 0 aliphatic carbocycles. The molecule has 7 nitrogen and oxygen atoms in total. The molecule has 0 saturated carbocycles. The maximum Gasteiger partial charge on any atom is 0.410 e. The van der Waals surface area contributed by atoms with Crippen molar-refractivity contribution in [3.8, 4) is 0 Å². The average Bonchev–Trinajstić information content (AvgIpc) is 2.48. The smallest absolute Gasteiger partial charge is 0.410 e. The van der Waals surface area contributed by atoms with E-state index in [1.807, 2.05) is 51.1 Å². The van der Waals surface area contributed by atoms with Crippen molar-refractivity contribution in [2.75, 3.05) is 20.1 Å². The van der Waals surface area contributed by atoms with Gasteiger partial charge in [-0.15, -0.1) is 0 Å². The van der Waals surface area contributed by atoms with Gasteiger partial charge in [0.25, 0.3) is 0 Å². The molecule has 1 aliphatic rings. The summed E-state index contributed by atoms with van der Waals surface area (Å²) in [6.07, 6.45) is -0.341. The maximum absolute atomic E-state index is 12.1. The molecule has 24 heavy (non-hydrogen) atoms. The summed E-state index contributed by atoms with van der Waals surface area (Å²) in [7, 11) is 1.73. The Morgan fingerprint density at radius 2 is 1.96 bits per heavy atom. The molecule has 0 radical (unpaired) electrons. The van der Waals surface area contributed by atoms with Gasteiger partial charge in [0, 0.05) is 20.1 Å². The number of amidine groups is 1. The lowest BCUT2D eigenvalue weighted by Gasteiger charge is -2.47. The number of amides is 1. The van der Waals surface area contributed by atoms with E-state index in [9.17, 15) is 4.79 Å². The quantitative estimate of drug-likeness (QED) is 0.380. The minimum Gasteiger partial charge on any atom is -0.444 e. The number of hydrogen-bond acceptors (Lipinski definition) is 5. The van der Waals surface area contributed by atoms with Crippen molar-refractivity contribution < 1.29 is 14.7 Å². The fourth-order valence-electron chi connectivity index (χ4n) is 2.69. The minimum atomic E-state index is -0.519. The van der Waals surface area contributed by atoms with E-state index in [0.717, 1.165) is 5.56 Å². The first-order valence-corrected chi connectivity index (χ1v) is 7.95. The number of carbonyl (C=O) groups is 1. The third kappa shape index (κ3) is 4.17. The molecule has 1 fully saturated rings. The van der Waals surface area contributed by atoms with Crippen LogP contribution in [0.4, 0.5) is 4.79 Å². The van der Waals surface area contributed by atoms with Crippen molar-refractivity contribution in [1.29, 1.82) is 0 Å². The number of oxime groups is 1. The van der Waals surface area contributed by atoms with Crippen molar-refractivity contribution in [2.45, 2.75) is 38.5 Å².